The number of benzene rings is 3. The zero-order valence-electron chi connectivity index (χ0n) is 16.8. The van der Waals surface area contributed by atoms with E-state index in [-0.39, 0.29) is 4.90 Å². The molecule has 0 spiro atoms. The molecule has 0 aliphatic heterocycles. The van der Waals surface area contributed by atoms with Crippen molar-refractivity contribution in [3.8, 4) is 0 Å². The van der Waals surface area contributed by atoms with Crippen LogP contribution in [0.1, 0.15) is 21.5 Å². The van der Waals surface area contributed by atoms with Gasteiger partial charge in [-0.3, -0.25) is 4.79 Å². The number of carbonyl (C=O) groups excluding carboxylic acids is 1. The molecule has 0 amide bonds. The van der Waals surface area contributed by atoms with E-state index in [1.54, 1.807) is 30.3 Å². The maximum atomic E-state index is 13.2. The molecule has 6 heteroatoms. The first-order valence-electron chi connectivity index (χ1n) is 9.58. The van der Waals surface area contributed by atoms with Crippen molar-refractivity contribution in [3.05, 3.63) is 95.7 Å². The van der Waals surface area contributed by atoms with Gasteiger partial charge in [0, 0.05) is 36.4 Å². The average molecular weight is 419 g/mol. The van der Waals surface area contributed by atoms with E-state index in [1.807, 2.05) is 44.3 Å². The van der Waals surface area contributed by atoms with E-state index < -0.39 is 10.0 Å². The van der Waals surface area contributed by atoms with Gasteiger partial charge in [0.05, 0.1) is 10.4 Å². The molecule has 0 saturated heterocycles. The molecule has 0 atom stereocenters. The first-order valence-corrected chi connectivity index (χ1v) is 11.0. The number of rotatable bonds is 6. The predicted molar refractivity (Wildman–Crippen MR) is 120 cm³/mol. The third kappa shape index (κ3) is 3.62. The van der Waals surface area contributed by atoms with Crippen molar-refractivity contribution in [1.29, 1.82) is 0 Å². The Kier molecular flexibility index (Phi) is 5.18. The van der Waals surface area contributed by atoms with Gasteiger partial charge in [-0.05, 0) is 42.8 Å². The monoisotopic (exact) mass is 418 g/mol. The molecule has 0 unspecified atom stereocenters. The third-order valence-electron chi connectivity index (χ3n) is 5.19. The first-order chi connectivity index (χ1) is 14.4. The summed E-state index contributed by atoms with van der Waals surface area (Å²) >= 11 is 0. The van der Waals surface area contributed by atoms with Crippen molar-refractivity contribution >= 4 is 32.9 Å². The molecule has 4 aromatic rings. The summed E-state index contributed by atoms with van der Waals surface area (Å²) < 4.78 is 27.6. The molecule has 4 rings (SSSR count). The molecular weight excluding hydrogens is 396 g/mol. The third-order valence-corrected chi connectivity index (χ3v) is 6.88. The Morgan fingerprint density at radius 3 is 2.33 bits per heavy atom. The quantitative estimate of drug-likeness (QED) is 0.428. The van der Waals surface area contributed by atoms with Gasteiger partial charge in [0.1, 0.15) is 0 Å². The van der Waals surface area contributed by atoms with Crippen molar-refractivity contribution in [2.24, 2.45) is 0 Å². The predicted octanol–water partition coefficient (Wildman–Crippen LogP) is 4.64. The van der Waals surface area contributed by atoms with Gasteiger partial charge in [-0.25, -0.2) is 12.4 Å². The maximum absolute atomic E-state index is 13.2. The largest absolute Gasteiger partial charge is 0.370 e. The summed E-state index contributed by atoms with van der Waals surface area (Å²) in [5, 5.41) is 0.609. The van der Waals surface area contributed by atoms with Crippen LogP contribution in [0.5, 0.6) is 0 Å². The second-order valence-corrected chi connectivity index (χ2v) is 9.17. The van der Waals surface area contributed by atoms with Gasteiger partial charge >= 0.3 is 0 Å². The van der Waals surface area contributed by atoms with Crippen LogP contribution in [-0.4, -0.2) is 25.7 Å². The van der Waals surface area contributed by atoms with Crippen LogP contribution in [0.4, 0.5) is 5.69 Å². The second kappa shape index (κ2) is 7.80. The number of hydrogen-bond donors (Lipinski definition) is 0. The van der Waals surface area contributed by atoms with Crippen LogP contribution in [0, 0.1) is 6.92 Å². The Morgan fingerprint density at radius 2 is 1.67 bits per heavy atom. The lowest BCUT2D eigenvalue weighted by atomic mass is 10.1. The van der Waals surface area contributed by atoms with E-state index in [0.29, 0.717) is 29.3 Å². The summed E-state index contributed by atoms with van der Waals surface area (Å²) in [6.45, 7) is 2.60. The van der Waals surface area contributed by atoms with Crippen molar-refractivity contribution in [3.63, 3.8) is 0 Å². The van der Waals surface area contributed by atoms with Gasteiger partial charge in [0.15, 0.2) is 6.29 Å². The van der Waals surface area contributed by atoms with Crippen LogP contribution < -0.4 is 4.90 Å². The Morgan fingerprint density at radius 1 is 0.967 bits per heavy atom. The summed E-state index contributed by atoms with van der Waals surface area (Å²) in [6.07, 6.45) is 2.10. The number of aldehydes is 1. The van der Waals surface area contributed by atoms with Crippen molar-refractivity contribution in [1.82, 2.24) is 3.97 Å². The number of nitrogens with zero attached hydrogens (tertiary/aromatic N) is 2. The molecule has 0 saturated carbocycles. The number of fused-ring (bicyclic) bond motifs is 1. The second-order valence-electron chi connectivity index (χ2n) is 7.36. The molecule has 5 nitrogen and oxygen atoms in total. The standard InChI is InChI=1S/C24H22N2O3S/c1-18-8-11-22(12-9-18)30(28,29)26-16-20(17-27)23-14-21(10-13-24(23)26)25(2)15-19-6-4-3-5-7-19/h3-14,16-17H,15H2,1-2H3. The van der Waals surface area contributed by atoms with Gasteiger partial charge in [0.2, 0.25) is 0 Å². The Labute approximate surface area is 176 Å². The normalized spacial score (nSPS) is 11.5. The number of anilines is 1. The Bertz CT molecular complexity index is 1310. The molecule has 0 aliphatic carbocycles. The minimum Gasteiger partial charge on any atom is -0.370 e. The van der Waals surface area contributed by atoms with E-state index in [4.69, 9.17) is 0 Å². The van der Waals surface area contributed by atoms with Crippen LogP contribution in [0.15, 0.2) is 83.9 Å². The fourth-order valence-electron chi connectivity index (χ4n) is 3.52. The lowest BCUT2D eigenvalue weighted by Crippen LogP contribution is -2.16. The Hall–Kier alpha value is -3.38. The van der Waals surface area contributed by atoms with Gasteiger partial charge in [-0.2, -0.15) is 0 Å². The van der Waals surface area contributed by atoms with E-state index >= 15 is 0 Å². The topological polar surface area (TPSA) is 59.4 Å². The van der Waals surface area contributed by atoms with Crippen LogP contribution in [0.3, 0.4) is 0 Å². The number of hydrogen-bond acceptors (Lipinski definition) is 4. The van der Waals surface area contributed by atoms with E-state index in [2.05, 4.69) is 17.0 Å². The fourth-order valence-corrected chi connectivity index (χ4v) is 4.89. The SMILES string of the molecule is Cc1ccc(S(=O)(=O)n2cc(C=O)c3cc(N(C)Cc4ccccc4)ccc32)cc1. The molecule has 0 N–H and O–H groups in total. The zero-order valence-corrected chi connectivity index (χ0v) is 17.6. The number of aromatic nitrogens is 1. The Balaban J connectivity index is 1.77. The molecular formula is C24H22N2O3S. The molecule has 0 aliphatic rings. The highest BCUT2D eigenvalue weighted by atomic mass is 32.2. The maximum Gasteiger partial charge on any atom is 0.268 e. The van der Waals surface area contributed by atoms with Crippen molar-refractivity contribution in [2.45, 2.75) is 18.4 Å². The minimum atomic E-state index is -3.81. The van der Waals surface area contributed by atoms with E-state index in [0.717, 1.165) is 16.8 Å². The first kappa shape index (κ1) is 19.9. The molecule has 3 aromatic carbocycles. The summed E-state index contributed by atoms with van der Waals surface area (Å²) in [5.41, 5.74) is 3.87. The average Bonchev–Trinajstić information content (AvgIpc) is 3.13. The molecule has 0 bridgehead atoms. The molecule has 0 radical (unpaired) electrons. The highest BCUT2D eigenvalue weighted by Crippen LogP contribution is 2.29. The zero-order chi connectivity index (χ0) is 21.3. The van der Waals surface area contributed by atoms with Gasteiger partial charge in [-0.15, -0.1) is 0 Å². The number of carbonyl (C=O) groups is 1. The molecule has 30 heavy (non-hydrogen) atoms. The highest BCUT2D eigenvalue weighted by molar-refractivity contribution is 7.90. The summed E-state index contributed by atoms with van der Waals surface area (Å²) in [7, 11) is -1.84. The lowest BCUT2D eigenvalue weighted by molar-refractivity contribution is 0.112. The highest BCUT2D eigenvalue weighted by Gasteiger charge is 2.21. The molecule has 152 valence electrons. The van der Waals surface area contributed by atoms with Crippen LogP contribution in [0.2, 0.25) is 0 Å². The summed E-state index contributed by atoms with van der Waals surface area (Å²) in [6, 6.07) is 22.2. The molecule has 1 aromatic heterocycles. The van der Waals surface area contributed by atoms with Gasteiger partial charge in [0.25, 0.3) is 10.0 Å². The van der Waals surface area contributed by atoms with Crippen LogP contribution >= 0.6 is 0 Å². The van der Waals surface area contributed by atoms with Gasteiger partial charge in [-0.1, -0.05) is 48.0 Å². The van der Waals surface area contributed by atoms with Crippen LogP contribution in [-0.2, 0) is 16.6 Å². The van der Waals surface area contributed by atoms with E-state index in [9.17, 15) is 13.2 Å². The van der Waals surface area contributed by atoms with Gasteiger partial charge < -0.3 is 4.90 Å². The molecule has 1 heterocycles. The van der Waals surface area contributed by atoms with Crippen LogP contribution in [0.25, 0.3) is 10.9 Å². The smallest absolute Gasteiger partial charge is 0.268 e. The fraction of sp³-hybridized carbons (Fsp3) is 0.125. The van der Waals surface area contributed by atoms with Crippen molar-refractivity contribution < 1.29 is 13.2 Å². The minimum absolute atomic E-state index is 0.188. The molecule has 0 fully saturated rings. The summed E-state index contributed by atoms with van der Waals surface area (Å²) in [4.78, 5) is 13.9. The lowest BCUT2D eigenvalue weighted by Gasteiger charge is -2.20. The van der Waals surface area contributed by atoms with E-state index in [1.165, 1.54) is 10.2 Å². The van der Waals surface area contributed by atoms with Crippen molar-refractivity contribution in [2.75, 3.05) is 11.9 Å². The summed E-state index contributed by atoms with van der Waals surface area (Å²) in [5.74, 6) is 0. The number of aryl methyl sites for hydroxylation is 1.